The van der Waals surface area contributed by atoms with Crippen molar-refractivity contribution in [3.8, 4) is 0 Å². The van der Waals surface area contributed by atoms with E-state index in [2.05, 4.69) is 56.5 Å². The maximum absolute atomic E-state index is 15.1. The number of hydrogen-bond donors (Lipinski definition) is 3. The summed E-state index contributed by atoms with van der Waals surface area (Å²) < 4.78 is 43.1. The summed E-state index contributed by atoms with van der Waals surface area (Å²) in [5.41, 5.74) is 4.86. The average Bonchev–Trinajstić information content (AvgIpc) is 3.33. The second-order valence-corrected chi connectivity index (χ2v) is 16.8. The van der Waals surface area contributed by atoms with Gasteiger partial charge in [0.2, 0.25) is 10.9 Å². The van der Waals surface area contributed by atoms with Crippen molar-refractivity contribution in [1.82, 2.24) is 19.4 Å². The number of methoxy groups -OCH3 is 2. The van der Waals surface area contributed by atoms with Crippen molar-refractivity contribution in [3.63, 3.8) is 0 Å². The van der Waals surface area contributed by atoms with Crippen LogP contribution < -0.4 is 26.0 Å². The van der Waals surface area contributed by atoms with E-state index in [0.29, 0.717) is 74.9 Å². The predicted octanol–water partition coefficient (Wildman–Crippen LogP) is 7.32. The Kier molecular flexibility index (Phi) is 17.8. The van der Waals surface area contributed by atoms with E-state index in [1.165, 1.54) is 35.2 Å². The van der Waals surface area contributed by atoms with E-state index in [-0.39, 0.29) is 21.9 Å². The molecule has 0 amide bonds. The molecule has 2 aliphatic rings. The van der Waals surface area contributed by atoms with E-state index in [1.807, 2.05) is 41.8 Å². The van der Waals surface area contributed by atoms with Gasteiger partial charge in [-0.3, -0.25) is 14.5 Å². The van der Waals surface area contributed by atoms with Crippen molar-refractivity contribution >= 4 is 61.0 Å². The molecule has 0 atom stereocenters. The molecule has 0 spiro atoms. The summed E-state index contributed by atoms with van der Waals surface area (Å²) in [7, 11) is 3.39. The zero-order valence-corrected chi connectivity index (χ0v) is 39.8. The normalized spacial score (nSPS) is 14.1. The van der Waals surface area contributed by atoms with Crippen molar-refractivity contribution in [2.45, 2.75) is 52.0 Å². The molecule has 4 aromatic carbocycles. The Morgan fingerprint density at radius 1 is 0.642 bits per heavy atom. The Labute approximate surface area is 396 Å². The van der Waals surface area contributed by atoms with Crippen LogP contribution in [0.4, 0.5) is 20.2 Å². The van der Waals surface area contributed by atoms with E-state index >= 15 is 4.39 Å². The Morgan fingerprint density at radius 2 is 1.07 bits per heavy atom. The molecule has 0 bridgehead atoms. The highest BCUT2D eigenvalue weighted by atomic mass is 79.9. The third-order valence-electron chi connectivity index (χ3n) is 11.8. The number of hydrogen-bond acceptors (Lipinski definition) is 10. The second kappa shape index (κ2) is 23.7. The molecule has 6 aromatic rings. The number of carbonyl (C=O) groups is 2. The maximum Gasteiger partial charge on any atom is 0.341 e. The predicted molar refractivity (Wildman–Crippen MR) is 261 cm³/mol. The molecule has 2 saturated heterocycles. The lowest BCUT2D eigenvalue weighted by Gasteiger charge is -2.36. The van der Waals surface area contributed by atoms with Crippen molar-refractivity contribution in [2.75, 3.05) is 76.4 Å². The SMILES string of the molecule is CCn1cc(C(=O)O)c(=O)c2cc(F)c(N3CCN(Cc4cccc(COC)c4)CC3)cc21.CCn1cc(C(=O)O)c(=O)c2cc(F)c(N3CCNCC3)cc21.COCc1cccc(CBr)c1. The summed E-state index contributed by atoms with van der Waals surface area (Å²) >= 11 is 3.40. The third-order valence-corrected chi connectivity index (χ3v) is 12.4. The lowest BCUT2D eigenvalue weighted by molar-refractivity contribution is 0.0684. The van der Waals surface area contributed by atoms with Crippen LogP contribution in [0.5, 0.6) is 0 Å². The van der Waals surface area contributed by atoms with Crippen LogP contribution in [0, 0.1) is 11.6 Å². The van der Waals surface area contributed by atoms with Gasteiger partial charge < -0.3 is 43.9 Å². The number of benzene rings is 4. The third kappa shape index (κ3) is 12.3. The smallest absolute Gasteiger partial charge is 0.341 e. The molecule has 0 unspecified atom stereocenters. The number of nitrogens with one attached hydrogen (secondary N) is 1. The first-order valence-electron chi connectivity index (χ1n) is 22.1. The molecule has 0 radical (unpaired) electrons. The van der Waals surface area contributed by atoms with Gasteiger partial charge in [0.1, 0.15) is 22.8 Å². The Bertz CT molecular complexity index is 2820. The highest BCUT2D eigenvalue weighted by molar-refractivity contribution is 9.08. The molecule has 2 aromatic heterocycles. The molecule has 2 fully saturated rings. The lowest BCUT2D eigenvalue weighted by Crippen LogP contribution is -2.46. The van der Waals surface area contributed by atoms with Crippen molar-refractivity contribution < 1.29 is 38.1 Å². The van der Waals surface area contributed by atoms with E-state index in [4.69, 9.17) is 14.6 Å². The molecule has 356 valence electrons. The minimum Gasteiger partial charge on any atom is -0.477 e. The number of halogens is 3. The molecule has 17 heteroatoms. The standard InChI is InChI=1S/C25H28FN3O4.C16H18FN3O3.C9H11BrO/c1-3-28-15-20(25(31)32)24(30)19-12-21(26)23(13-22(19)28)29-9-7-27(8-10-29)14-17-5-4-6-18(11-17)16-33-2;1-2-19-9-11(16(22)23)15(21)10-7-12(17)14(8-13(10)19)20-5-3-18-4-6-20;1-11-7-9-4-2-3-8(5-9)6-10/h4-6,11-13,15H,3,7-10,14,16H2,1-2H3,(H,31,32);7-9,18H,2-6H2,1H3,(H,22,23);2-5H,6-7H2,1H3. The zero-order valence-electron chi connectivity index (χ0n) is 38.2. The van der Waals surface area contributed by atoms with Gasteiger partial charge in [0.15, 0.2) is 0 Å². The van der Waals surface area contributed by atoms with Gasteiger partial charge in [-0.15, -0.1) is 0 Å². The van der Waals surface area contributed by atoms with E-state index in [0.717, 1.165) is 49.7 Å². The fraction of sp³-hybridized carbons (Fsp3) is 0.360. The number of alkyl halides is 1. The zero-order chi connectivity index (χ0) is 48.2. The number of carboxylic acid groups (broad SMARTS) is 2. The summed E-state index contributed by atoms with van der Waals surface area (Å²) in [5.74, 6) is -3.62. The number of carboxylic acids is 2. The van der Waals surface area contributed by atoms with Gasteiger partial charge in [-0.25, -0.2) is 18.4 Å². The minimum atomic E-state index is -1.31. The first kappa shape index (κ1) is 50.4. The summed E-state index contributed by atoms with van der Waals surface area (Å²) in [5, 5.41) is 22.8. The van der Waals surface area contributed by atoms with Gasteiger partial charge in [0, 0.05) is 115 Å². The summed E-state index contributed by atoms with van der Waals surface area (Å²) in [4.78, 5) is 53.7. The van der Waals surface area contributed by atoms with Crippen LogP contribution in [0.15, 0.2) is 94.8 Å². The number of fused-ring (bicyclic) bond motifs is 2. The van der Waals surface area contributed by atoms with Crippen LogP contribution in [0.3, 0.4) is 0 Å². The van der Waals surface area contributed by atoms with Crippen LogP contribution in [0.25, 0.3) is 21.8 Å². The fourth-order valence-electron chi connectivity index (χ4n) is 8.38. The fourth-order valence-corrected chi connectivity index (χ4v) is 8.72. The Morgan fingerprint density at radius 3 is 1.51 bits per heavy atom. The van der Waals surface area contributed by atoms with Crippen LogP contribution in [0.1, 0.15) is 56.8 Å². The quantitative estimate of drug-likeness (QED) is 0.0993. The highest BCUT2D eigenvalue weighted by Gasteiger charge is 2.24. The number of nitrogens with zero attached hydrogens (tertiary/aromatic N) is 5. The Hall–Kier alpha value is -5.98. The molecule has 0 aliphatic carbocycles. The van der Waals surface area contributed by atoms with Crippen LogP contribution in [-0.2, 0) is 47.7 Å². The highest BCUT2D eigenvalue weighted by Crippen LogP contribution is 2.28. The maximum atomic E-state index is 15.1. The number of aromatic nitrogens is 2. The molecule has 3 N–H and O–H groups in total. The summed E-state index contributed by atoms with van der Waals surface area (Å²) in [6.45, 7) is 12.6. The largest absolute Gasteiger partial charge is 0.477 e. The van der Waals surface area contributed by atoms with E-state index < -0.39 is 34.4 Å². The monoisotopic (exact) mass is 986 g/mol. The number of aromatic carboxylic acids is 2. The molecular formula is C50H57BrF2N6O8. The number of aryl methyl sites for hydroxylation is 2. The molecule has 14 nitrogen and oxygen atoms in total. The van der Waals surface area contributed by atoms with Gasteiger partial charge in [-0.2, -0.15) is 0 Å². The molecule has 4 heterocycles. The summed E-state index contributed by atoms with van der Waals surface area (Å²) in [6.07, 6.45) is 2.66. The van der Waals surface area contributed by atoms with Crippen LogP contribution in [0.2, 0.25) is 0 Å². The van der Waals surface area contributed by atoms with Crippen molar-refractivity contribution in [3.05, 3.63) is 151 Å². The first-order valence-corrected chi connectivity index (χ1v) is 23.2. The number of pyridine rings is 2. The second-order valence-electron chi connectivity index (χ2n) is 16.2. The number of piperazine rings is 2. The number of ether oxygens (including phenoxy) is 2. The molecule has 0 saturated carbocycles. The molecule has 8 rings (SSSR count). The first-order chi connectivity index (χ1) is 32.3. The minimum absolute atomic E-state index is 0.0903. The lowest BCUT2D eigenvalue weighted by atomic mass is 10.1. The van der Waals surface area contributed by atoms with E-state index in [1.54, 1.807) is 35.5 Å². The van der Waals surface area contributed by atoms with Gasteiger partial charge in [0.05, 0.1) is 35.6 Å². The van der Waals surface area contributed by atoms with Gasteiger partial charge in [0.25, 0.3) is 0 Å². The van der Waals surface area contributed by atoms with Crippen molar-refractivity contribution in [2.24, 2.45) is 0 Å². The average molecular weight is 988 g/mol. The number of anilines is 2. The van der Waals surface area contributed by atoms with Crippen molar-refractivity contribution in [1.29, 1.82) is 0 Å². The number of rotatable bonds is 13. The Balaban J connectivity index is 0.000000188. The van der Waals surface area contributed by atoms with Crippen LogP contribution >= 0.6 is 15.9 Å². The molecule has 67 heavy (non-hydrogen) atoms. The molecule has 2 aliphatic heterocycles. The summed E-state index contributed by atoms with van der Waals surface area (Å²) in [6, 6.07) is 22.3. The van der Waals surface area contributed by atoms with Gasteiger partial charge in [-0.1, -0.05) is 64.5 Å². The van der Waals surface area contributed by atoms with Crippen LogP contribution in [-0.4, -0.2) is 103 Å². The van der Waals surface area contributed by atoms with E-state index in [9.17, 15) is 28.7 Å². The van der Waals surface area contributed by atoms with Gasteiger partial charge in [-0.05, 0) is 60.4 Å². The molecular weight excluding hydrogens is 930 g/mol. The topological polar surface area (TPSA) is 159 Å². The van der Waals surface area contributed by atoms with Gasteiger partial charge >= 0.3 is 11.9 Å².